The average molecular weight is 615 g/mol. The van der Waals surface area contributed by atoms with Crippen molar-refractivity contribution in [2.24, 2.45) is 0 Å². The van der Waals surface area contributed by atoms with E-state index in [9.17, 15) is 0 Å². The third-order valence-electron chi connectivity index (χ3n) is 10.2. The van der Waals surface area contributed by atoms with Crippen LogP contribution in [0.25, 0.3) is 82.9 Å². The molecule has 10 rings (SSSR count). The monoisotopic (exact) mass is 614 g/mol. The van der Waals surface area contributed by atoms with E-state index in [1.165, 1.54) is 43.4 Å². The maximum atomic E-state index is 5.52. The van der Waals surface area contributed by atoms with E-state index in [-0.39, 0.29) is 5.41 Å². The molecule has 0 fully saturated rings. The second-order valence-corrected chi connectivity index (χ2v) is 13.3. The Labute approximate surface area is 278 Å². The van der Waals surface area contributed by atoms with E-state index < -0.39 is 0 Å². The topological polar surface area (TPSA) is 43.6 Å². The van der Waals surface area contributed by atoms with Crippen LogP contribution in [0.15, 0.2) is 146 Å². The predicted octanol–water partition coefficient (Wildman–Crippen LogP) is 10.9. The van der Waals surface area contributed by atoms with Crippen LogP contribution in [0.5, 0.6) is 0 Å². The van der Waals surface area contributed by atoms with E-state index in [1.807, 2.05) is 24.4 Å². The molecule has 1 aliphatic rings. The fourth-order valence-electron chi connectivity index (χ4n) is 7.84. The van der Waals surface area contributed by atoms with Gasteiger partial charge in [-0.1, -0.05) is 123 Å². The van der Waals surface area contributed by atoms with Crippen molar-refractivity contribution in [3.63, 3.8) is 0 Å². The summed E-state index contributed by atoms with van der Waals surface area (Å²) >= 11 is 0. The number of pyridine rings is 1. The summed E-state index contributed by atoms with van der Waals surface area (Å²) in [6.07, 6.45) is 1.83. The van der Waals surface area contributed by atoms with Crippen molar-refractivity contribution in [1.29, 1.82) is 0 Å². The van der Waals surface area contributed by atoms with E-state index in [4.69, 9.17) is 9.97 Å². The van der Waals surface area contributed by atoms with Gasteiger partial charge in [0.1, 0.15) is 5.82 Å². The zero-order valence-electron chi connectivity index (χ0n) is 26.6. The summed E-state index contributed by atoms with van der Waals surface area (Å²) in [6, 6.07) is 49.8. The summed E-state index contributed by atoms with van der Waals surface area (Å²) in [6.45, 7) is 4.57. The highest BCUT2D eigenvalue weighted by Crippen LogP contribution is 2.51. The quantitative estimate of drug-likeness (QED) is 0.199. The number of hydrogen-bond donors (Lipinski definition) is 0. The van der Waals surface area contributed by atoms with Crippen LogP contribution in [0, 0.1) is 0 Å². The molecule has 0 N–H and O–H groups in total. The molecule has 0 saturated carbocycles. The number of benzene rings is 6. The minimum absolute atomic E-state index is 0.301. The van der Waals surface area contributed by atoms with Crippen molar-refractivity contribution in [2.75, 3.05) is 0 Å². The molecule has 6 aromatic carbocycles. The molecule has 3 aromatic heterocycles. The third kappa shape index (κ3) is 3.80. The van der Waals surface area contributed by atoms with Gasteiger partial charge in [-0.3, -0.25) is 9.55 Å². The van der Waals surface area contributed by atoms with Crippen molar-refractivity contribution >= 4 is 43.4 Å². The van der Waals surface area contributed by atoms with E-state index in [0.717, 1.165) is 44.9 Å². The molecule has 4 nitrogen and oxygen atoms in total. The lowest BCUT2D eigenvalue weighted by Crippen LogP contribution is -2.18. The first-order valence-electron chi connectivity index (χ1n) is 16.5. The summed E-state index contributed by atoms with van der Waals surface area (Å²) in [4.78, 5) is 15.5. The summed E-state index contributed by atoms with van der Waals surface area (Å²) < 4.78 is 2.40. The van der Waals surface area contributed by atoms with Crippen LogP contribution in [-0.4, -0.2) is 19.5 Å². The van der Waals surface area contributed by atoms with Crippen molar-refractivity contribution in [2.45, 2.75) is 19.3 Å². The Kier molecular flexibility index (Phi) is 5.59. The first-order valence-corrected chi connectivity index (χ1v) is 16.5. The normalized spacial score (nSPS) is 13.4. The first kappa shape index (κ1) is 27.0. The molecule has 226 valence electrons. The Morgan fingerprint density at radius 2 is 1.27 bits per heavy atom. The fraction of sp³-hybridized carbons (Fsp3) is 0.0682. The molecule has 3 heterocycles. The third-order valence-corrected chi connectivity index (χ3v) is 10.2. The molecular formula is C44H30N4. The van der Waals surface area contributed by atoms with Gasteiger partial charge in [-0.15, -0.1) is 0 Å². The Morgan fingerprint density at radius 3 is 2.08 bits per heavy atom. The van der Waals surface area contributed by atoms with Crippen LogP contribution in [0.1, 0.15) is 25.1 Å². The Balaban J connectivity index is 1.33. The summed E-state index contributed by atoms with van der Waals surface area (Å²) in [5.41, 5.74) is 9.58. The lowest BCUT2D eigenvalue weighted by Gasteiger charge is -2.21. The van der Waals surface area contributed by atoms with Gasteiger partial charge in [-0.2, -0.15) is 0 Å². The van der Waals surface area contributed by atoms with Crippen LogP contribution < -0.4 is 0 Å². The zero-order chi connectivity index (χ0) is 32.0. The van der Waals surface area contributed by atoms with Gasteiger partial charge in [0, 0.05) is 39.1 Å². The van der Waals surface area contributed by atoms with Crippen LogP contribution in [0.4, 0.5) is 0 Å². The minimum atomic E-state index is -0.301. The van der Waals surface area contributed by atoms with Crippen molar-refractivity contribution < 1.29 is 0 Å². The Morgan fingerprint density at radius 1 is 0.562 bits per heavy atom. The molecule has 0 unspecified atom stereocenters. The summed E-state index contributed by atoms with van der Waals surface area (Å²) in [5, 5.41) is 7.36. The Hall–Kier alpha value is -6.13. The van der Waals surface area contributed by atoms with E-state index in [1.54, 1.807) is 0 Å². The molecule has 0 radical (unpaired) electrons. The van der Waals surface area contributed by atoms with Gasteiger partial charge in [-0.05, 0) is 63.0 Å². The lowest BCUT2D eigenvalue weighted by molar-refractivity contribution is 0.635. The van der Waals surface area contributed by atoms with Crippen molar-refractivity contribution in [1.82, 2.24) is 19.5 Å². The van der Waals surface area contributed by atoms with Gasteiger partial charge in [0.25, 0.3) is 0 Å². The second kappa shape index (κ2) is 9.93. The van der Waals surface area contributed by atoms with Crippen molar-refractivity contribution in [3.05, 3.63) is 157 Å². The van der Waals surface area contributed by atoms with Gasteiger partial charge in [0.05, 0.1) is 22.4 Å². The van der Waals surface area contributed by atoms with Crippen LogP contribution in [0.2, 0.25) is 0 Å². The fourth-order valence-corrected chi connectivity index (χ4v) is 7.84. The van der Waals surface area contributed by atoms with Gasteiger partial charge in [0.15, 0.2) is 5.82 Å². The van der Waals surface area contributed by atoms with Gasteiger partial charge < -0.3 is 0 Å². The highest BCUT2D eigenvalue weighted by atomic mass is 15.1. The molecule has 9 aromatic rings. The van der Waals surface area contributed by atoms with E-state index >= 15 is 0 Å². The average Bonchev–Trinajstić information content (AvgIpc) is 3.59. The number of nitrogens with zero attached hydrogens (tertiary/aromatic N) is 4. The molecule has 0 bridgehead atoms. The summed E-state index contributed by atoms with van der Waals surface area (Å²) in [7, 11) is 0. The second-order valence-electron chi connectivity index (χ2n) is 13.3. The van der Waals surface area contributed by atoms with Gasteiger partial charge in [-0.25, -0.2) is 9.97 Å². The smallest absolute Gasteiger partial charge is 0.161 e. The van der Waals surface area contributed by atoms with Gasteiger partial charge >= 0.3 is 0 Å². The SMILES string of the molecule is CC1(C)c2ccccc2-c2c(-n3c4cc5ccccc5cc4c4c5ccccc5ccc43)nc(-c3ccc(-c4ccccn4)cc3)nc21. The highest BCUT2D eigenvalue weighted by Gasteiger charge is 2.40. The number of fused-ring (bicyclic) bond motifs is 9. The maximum Gasteiger partial charge on any atom is 0.161 e. The molecule has 1 aliphatic carbocycles. The predicted molar refractivity (Wildman–Crippen MR) is 198 cm³/mol. The highest BCUT2D eigenvalue weighted by molar-refractivity contribution is 6.23. The first-order chi connectivity index (χ1) is 23.6. The maximum absolute atomic E-state index is 5.52. The number of hydrogen-bond acceptors (Lipinski definition) is 3. The molecule has 0 atom stereocenters. The molecule has 4 heteroatoms. The Bertz CT molecular complexity index is 2740. The molecule has 0 aliphatic heterocycles. The van der Waals surface area contributed by atoms with Crippen LogP contribution >= 0.6 is 0 Å². The number of rotatable bonds is 3. The summed E-state index contributed by atoms with van der Waals surface area (Å²) in [5.74, 6) is 1.63. The minimum Gasteiger partial charge on any atom is -0.293 e. The molecular weight excluding hydrogens is 585 g/mol. The molecule has 48 heavy (non-hydrogen) atoms. The van der Waals surface area contributed by atoms with Gasteiger partial charge in [0.2, 0.25) is 0 Å². The molecule has 0 amide bonds. The van der Waals surface area contributed by atoms with E-state index in [0.29, 0.717) is 5.82 Å². The standard InChI is InChI=1S/C44H30N4/c1-44(2)35-16-8-7-15-33(35)40-41(44)46-42(29-20-18-28(19-21-29)36-17-9-10-24-45-36)47-43(40)48-37-23-22-27-11-5-6-14-32(27)39(37)34-25-30-12-3-4-13-31(30)26-38(34)48/h3-26H,1-2H3. The van der Waals surface area contributed by atoms with E-state index in [2.05, 4.69) is 145 Å². The van der Waals surface area contributed by atoms with Crippen LogP contribution in [0.3, 0.4) is 0 Å². The van der Waals surface area contributed by atoms with Crippen molar-refractivity contribution in [3.8, 4) is 39.6 Å². The van der Waals surface area contributed by atoms with Crippen LogP contribution in [-0.2, 0) is 5.41 Å². The largest absolute Gasteiger partial charge is 0.293 e. The molecule has 0 spiro atoms. The zero-order valence-corrected chi connectivity index (χ0v) is 26.6. The lowest BCUT2D eigenvalue weighted by atomic mass is 9.85. The molecule has 0 saturated heterocycles. The number of aromatic nitrogens is 4.